The van der Waals surface area contributed by atoms with E-state index < -0.39 is 0 Å². The van der Waals surface area contributed by atoms with Gasteiger partial charge in [-0.05, 0) is 60.4 Å². The average molecular weight is 564 g/mol. The van der Waals surface area contributed by atoms with Gasteiger partial charge in [-0.25, -0.2) is 9.78 Å². The molecule has 0 radical (unpaired) electrons. The van der Waals surface area contributed by atoms with Gasteiger partial charge in [-0.2, -0.15) is 0 Å². The second-order valence-electron chi connectivity index (χ2n) is 9.32. The number of benzene rings is 2. The van der Waals surface area contributed by atoms with E-state index in [4.69, 9.17) is 11.6 Å². The minimum atomic E-state index is -0.122. The minimum absolute atomic E-state index is 0.122. The SMILES string of the molecule is Cc1ccc(/C=C/CN2CCc3c(c4cc(Br)c(C)cc4n3C(=O)NCc3ccnc(Cl)c3)C2)cc1. The summed E-state index contributed by atoms with van der Waals surface area (Å²) in [6.45, 7) is 7.11. The van der Waals surface area contributed by atoms with Crippen molar-refractivity contribution in [3.63, 3.8) is 0 Å². The third-order valence-corrected chi connectivity index (χ3v) is 7.76. The molecule has 1 amide bonds. The van der Waals surface area contributed by atoms with Crippen LogP contribution in [0.15, 0.2) is 65.3 Å². The number of hydrogen-bond donors (Lipinski definition) is 1. The van der Waals surface area contributed by atoms with E-state index in [0.29, 0.717) is 11.7 Å². The summed E-state index contributed by atoms with van der Waals surface area (Å²) in [4.78, 5) is 19.9. The van der Waals surface area contributed by atoms with Crippen LogP contribution >= 0.6 is 27.5 Å². The lowest BCUT2D eigenvalue weighted by Crippen LogP contribution is -2.34. The highest BCUT2D eigenvalue weighted by molar-refractivity contribution is 9.10. The highest BCUT2D eigenvalue weighted by Crippen LogP contribution is 2.34. The van der Waals surface area contributed by atoms with Gasteiger partial charge in [0.2, 0.25) is 0 Å². The maximum atomic E-state index is 13.4. The van der Waals surface area contributed by atoms with Crippen LogP contribution in [0.25, 0.3) is 17.0 Å². The molecule has 0 spiro atoms. The van der Waals surface area contributed by atoms with E-state index in [9.17, 15) is 4.79 Å². The maximum absolute atomic E-state index is 13.4. The Labute approximate surface area is 224 Å². The summed E-state index contributed by atoms with van der Waals surface area (Å²) in [5.41, 5.74) is 7.75. The summed E-state index contributed by atoms with van der Waals surface area (Å²) >= 11 is 9.71. The van der Waals surface area contributed by atoms with E-state index in [0.717, 1.165) is 58.3 Å². The van der Waals surface area contributed by atoms with Gasteiger partial charge in [0.1, 0.15) is 5.15 Å². The van der Waals surface area contributed by atoms with E-state index in [2.05, 4.69) is 93.5 Å². The fraction of sp³-hybridized carbons (Fsp3) is 0.241. The fourth-order valence-electron chi connectivity index (χ4n) is 4.75. The van der Waals surface area contributed by atoms with Crippen LogP contribution in [-0.2, 0) is 19.5 Å². The molecule has 0 saturated carbocycles. The molecule has 36 heavy (non-hydrogen) atoms. The molecule has 7 heteroatoms. The van der Waals surface area contributed by atoms with Crippen LogP contribution in [0.1, 0.15) is 33.5 Å². The molecule has 0 unspecified atom stereocenters. The number of aromatic nitrogens is 2. The molecule has 0 aliphatic carbocycles. The third kappa shape index (κ3) is 5.26. The second kappa shape index (κ2) is 10.6. The van der Waals surface area contributed by atoms with E-state index in [1.54, 1.807) is 12.3 Å². The molecule has 5 rings (SSSR count). The Morgan fingerprint density at radius 2 is 1.97 bits per heavy atom. The fourth-order valence-corrected chi connectivity index (χ4v) is 5.29. The van der Waals surface area contributed by atoms with Crippen molar-refractivity contribution in [2.24, 2.45) is 0 Å². The first kappa shape index (κ1) is 24.8. The minimum Gasteiger partial charge on any atom is -0.333 e. The number of nitrogens with one attached hydrogen (secondary N) is 1. The number of hydrogen-bond acceptors (Lipinski definition) is 3. The first-order chi connectivity index (χ1) is 17.4. The molecule has 184 valence electrons. The predicted molar refractivity (Wildman–Crippen MR) is 150 cm³/mol. The smallest absolute Gasteiger partial charge is 0.326 e. The number of fused-ring (bicyclic) bond motifs is 3. The Balaban J connectivity index is 1.40. The molecule has 2 aromatic carbocycles. The number of pyridine rings is 1. The first-order valence-electron chi connectivity index (χ1n) is 12.1. The summed E-state index contributed by atoms with van der Waals surface area (Å²) in [6.07, 6.45) is 6.87. The summed E-state index contributed by atoms with van der Waals surface area (Å²) in [5.74, 6) is 0. The van der Waals surface area contributed by atoms with Crippen molar-refractivity contribution in [1.82, 2.24) is 19.8 Å². The van der Waals surface area contributed by atoms with Gasteiger partial charge in [0, 0.05) is 54.3 Å². The number of carbonyl (C=O) groups is 1. The van der Waals surface area contributed by atoms with E-state index in [-0.39, 0.29) is 6.03 Å². The lowest BCUT2D eigenvalue weighted by Gasteiger charge is -2.27. The molecule has 0 bridgehead atoms. The Bertz CT molecular complexity index is 1460. The highest BCUT2D eigenvalue weighted by Gasteiger charge is 2.26. The molecular formula is C29H28BrClN4O. The highest BCUT2D eigenvalue weighted by atomic mass is 79.9. The quantitative estimate of drug-likeness (QED) is 0.269. The van der Waals surface area contributed by atoms with Crippen LogP contribution in [0.2, 0.25) is 5.15 Å². The largest absolute Gasteiger partial charge is 0.333 e. The topological polar surface area (TPSA) is 50.2 Å². The van der Waals surface area contributed by atoms with Crippen molar-refractivity contribution < 1.29 is 4.79 Å². The average Bonchev–Trinajstić information content (AvgIpc) is 3.16. The van der Waals surface area contributed by atoms with Crippen molar-refractivity contribution in [3.05, 3.63) is 104 Å². The molecule has 0 fully saturated rings. The predicted octanol–water partition coefficient (Wildman–Crippen LogP) is 6.90. The van der Waals surface area contributed by atoms with Crippen LogP contribution in [0, 0.1) is 13.8 Å². The van der Waals surface area contributed by atoms with E-state index in [1.165, 1.54) is 16.7 Å². The lowest BCUT2D eigenvalue weighted by atomic mass is 10.0. The van der Waals surface area contributed by atoms with Gasteiger partial charge < -0.3 is 5.32 Å². The lowest BCUT2D eigenvalue weighted by molar-refractivity contribution is 0.240. The standard InChI is InChI=1S/C29H28BrClN4O/c1-19-5-7-21(8-6-19)4-3-12-34-13-10-26-24(18-34)23-16-25(30)20(2)14-27(23)35(26)29(36)33-17-22-9-11-32-28(31)15-22/h3-9,11,14-16H,10,12-13,17-18H2,1-2H3,(H,33,36)/b4-3+. The molecule has 0 saturated heterocycles. The van der Waals surface area contributed by atoms with Crippen molar-refractivity contribution in [3.8, 4) is 0 Å². The zero-order valence-electron chi connectivity index (χ0n) is 20.4. The van der Waals surface area contributed by atoms with Gasteiger partial charge in [0.15, 0.2) is 0 Å². The second-order valence-corrected chi connectivity index (χ2v) is 10.6. The van der Waals surface area contributed by atoms with Gasteiger partial charge in [0.25, 0.3) is 0 Å². The van der Waals surface area contributed by atoms with Gasteiger partial charge >= 0.3 is 6.03 Å². The molecule has 1 N–H and O–H groups in total. The molecule has 0 atom stereocenters. The van der Waals surface area contributed by atoms with Crippen molar-refractivity contribution in [2.75, 3.05) is 13.1 Å². The van der Waals surface area contributed by atoms with Gasteiger partial charge in [-0.3, -0.25) is 9.47 Å². The molecule has 2 aromatic heterocycles. The number of carbonyl (C=O) groups excluding carboxylic acids is 1. The number of amides is 1. The summed E-state index contributed by atoms with van der Waals surface area (Å²) in [6, 6.07) is 16.3. The molecule has 3 heterocycles. The van der Waals surface area contributed by atoms with Crippen LogP contribution < -0.4 is 5.32 Å². The number of aryl methyl sites for hydroxylation is 2. The Morgan fingerprint density at radius 3 is 2.75 bits per heavy atom. The zero-order chi connectivity index (χ0) is 25.2. The Kier molecular flexibility index (Phi) is 7.28. The Hall–Kier alpha value is -2.93. The summed E-state index contributed by atoms with van der Waals surface area (Å²) in [7, 11) is 0. The molecule has 5 nitrogen and oxygen atoms in total. The number of rotatable bonds is 5. The van der Waals surface area contributed by atoms with Gasteiger partial charge in [0.05, 0.1) is 5.52 Å². The number of halogens is 2. The molecule has 4 aromatic rings. The van der Waals surface area contributed by atoms with Crippen molar-refractivity contribution >= 4 is 50.5 Å². The van der Waals surface area contributed by atoms with Crippen molar-refractivity contribution in [2.45, 2.75) is 33.4 Å². The molecular weight excluding hydrogens is 536 g/mol. The summed E-state index contributed by atoms with van der Waals surface area (Å²) < 4.78 is 2.92. The third-order valence-electron chi connectivity index (χ3n) is 6.70. The van der Waals surface area contributed by atoms with Crippen LogP contribution in [0.3, 0.4) is 0 Å². The van der Waals surface area contributed by atoms with Gasteiger partial charge in [-0.15, -0.1) is 0 Å². The maximum Gasteiger partial charge on any atom is 0.326 e. The number of nitrogens with zero attached hydrogens (tertiary/aromatic N) is 3. The van der Waals surface area contributed by atoms with Gasteiger partial charge in [-0.1, -0.05) is 69.5 Å². The van der Waals surface area contributed by atoms with Crippen molar-refractivity contribution in [1.29, 1.82) is 0 Å². The van der Waals surface area contributed by atoms with E-state index >= 15 is 0 Å². The monoisotopic (exact) mass is 562 g/mol. The molecule has 1 aliphatic heterocycles. The van der Waals surface area contributed by atoms with Crippen LogP contribution in [0.4, 0.5) is 4.79 Å². The first-order valence-corrected chi connectivity index (χ1v) is 13.2. The normalized spacial score (nSPS) is 13.9. The summed E-state index contributed by atoms with van der Waals surface area (Å²) in [5, 5.41) is 4.61. The van der Waals surface area contributed by atoms with E-state index in [1.807, 2.05) is 10.6 Å². The zero-order valence-corrected chi connectivity index (χ0v) is 22.7. The van der Waals surface area contributed by atoms with Crippen LogP contribution in [0.5, 0.6) is 0 Å². The molecule has 1 aliphatic rings. The van der Waals surface area contributed by atoms with Crippen LogP contribution in [-0.4, -0.2) is 33.6 Å². The Morgan fingerprint density at radius 1 is 1.17 bits per heavy atom.